The maximum absolute atomic E-state index is 13.3. The van der Waals surface area contributed by atoms with E-state index in [1.54, 1.807) is 6.92 Å². The van der Waals surface area contributed by atoms with Gasteiger partial charge >= 0.3 is 5.97 Å². The second-order valence-corrected chi connectivity index (χ2v) is 7.64. The molecule has 0 radical (unpaired) electrons. The molecular weight excluding hydrogens is 351 g/mol. The Balaban J connectivity index is 1.76. The first-order chi connectivity index (χ1) is 12.8. The summed E-state index contributed by atoms with van der Waals surface area (Å²) in [5, 5.41) is 13.7. The van der Waals surface area contributed by atoms with Crippen LogP contribution in [0, 0.1) is 11.7 Å². The van der Waals surface area contributed by atoms with Crippen LogP contribution >= 0.6 is 0 Å². The summed E-state index contributed by atoms with van der Waals surface area (Å²) in [5.41, 5.74) is 0.294. The highest BCUT2D eigenvalue weighted by molar-refractivity contribution is 5.70. The summed E-state index contributed by atoms with van der Waals surface area (Å²) in [6.45, 7) is 6.73. The van der Waals surface area contributed by atoms with Gasteiger partial charge < -0.3 is 19.9 Å². The van der Waals surface area contributed by atoms with Crippen molar-refractivity contribution in [1.82, 2.24) is 10.3 Å². The Bertz CT molecular complexity index is 603. The van der Waals surface area contributed by atoms with Crippen LogP contribution in [0.2, 0.25) is 0 Å². The molecule has 0 saturated heterocycles. The van der Waals surface area contributed by atoms with Gasteiger partial charge in [-0.2, -0.15) is 0 Å². The molecule has 0 aliphatic heterocycles. The lowest BCUT2D eigenvalue weighted by Crippen LogP contribution is -2.49. The van der Waals surface area contributed by atoms with Crippen LogP contribution in [0.15, 0.2) is 18.5 Å². The van der Waals surface area contributed by atoms with Crippen molar-refractivity contribution in [1.29, 1.82) is 0 Å². The summed E-state index contributed by atoms with van der Waals surface area (Å²) in [6, 6.07) is 1.30. The molecule has 27 heavy (non-hydrogen) atoms. The van der Waals surface area contributed by atoms with Crippen LogP contribution in [0.5, 0.6) is 0 Å². The molecular formula is C20H31FN2O4. The second kappa shape index (κ2) is 10.1. The van der Waals surface area contributed by atoms with E-state index in [0.29, 0.717) is 24.6 Å². The number of esters is 1. The molecule has 1 heterocycles. The van der Waals surface area contributed by atoms with Crippen molar-refractivity contribution < 1.29 is 23.8 Å². The monoisotopic (exact) mass is 382 g/mol. The zero-order chi connectivity index (χ0) is 19.9. The first-order valence-electron chi connectivity index (χ1n) is 9.62. The maximum Gasteiger partial charge on any atom is 0.332 e. The summed E-state index contributed by atoms with van der Waals surface area (Å²) in [6.07, 6.45) is 5.62. The van der Waals surface area contributed by atoms with Gasteiger partial charge in [0.05, 0.1) is 25.0 Å². The third-order valence-corrected chi connectivity index (χ3v) is 5.30. The van der Waals surface area contributed by atoms with E-state index in [-0.39, 0.29) is 24.2 Å². The Morgan fingerprint density at radius 3 is 2.70 bits per heavy atom. The van der Waals surface area contributed by atoms with E-state index >= 15 is 0 Å². The summed E-state index contributed by atoms with van der Waals surface area (Å²) < 4.78 is 23.8. The lowest BCUT2D eigenvalue weighted by Gasteiger charge is -2.40. The third-order valence-electron chi connectivity index (χ3n) is 5.30. The van der Waals surface area contributed by atoms with Crippen LogP contribution in [-0.2, 0) is 14.3 Å². The Kier molecular flexibility index (Phi) is 8.13. The number of aliphatic hydroxyl groups is 1. The molecule has 0 spiro atoms. The average Bonchev–Trinajstić information content (AvgIpc) is 2.65. The molecule has 1 aliphatic rings. The van der Waals surface area contributed by atoms with Gasteiger partial charge in [0.15, 0.2) is 0 Å². The highest BCUT2D eigenvalue weighted by Gasteiger charge is 2.33. The minimum absolute atomic E-state index is 0.0126. The predicted molar refractivity (Wildman–Crippen MR) is 99.6 cm³/mol. The molecule has 2 rings (SSSR count). The summed E-state index contributed by atoms with van der Waals surface area (Å²) in [4.78, 5) is 15.2. The molecule has 1 aromatic heterocycles. The van der Waals surface area contributed by atoms with Crippen molar-refractivity contribution in [3.63, 3.8) is 0 Å². The molecule has 7 heteroatoms. The van der Waals surface area contributed by atoms with Gasteiger partial charge in [0.2, 0.25) is 0 Å². The zero-order valence-corrected chi connectivity index (χ0v) is 16.4. The minimum atomic E-state index is -0.809. The van der Waals surface area contributed by atoms with E-state index in [2.05, 4.69) is 24.1 Å². The van der Waals surface area contributed by atoms with Crippen LogP contribution < -0.4 is 5.32 Å². The van der Waals surface area contributed by atoms with Crippen molar-refractivity contribution in [2.24, 2.45) is 5.92 Å². The van der Waals surface area contributed by atoms with Crippen LogP contribution in [0.3, 0.4) is 0 Å². The molecule has 1 atom stereocenters. The van der Waals surface area contributed by atoms with Gasteiger partial charge in [0.25, 0.3) is 0 Å². The number of pyridine rings is 1. The van der Waals surface area contributed by atoms with Gasteiger partial charge in [0.1, 0.15) is 12.4 Å². The topological polar surface area (TPSA) is 80.7 Å². The largest absolute Gasteiger partial charge is 0.464 e. The minimum Gasteiger partial charge on any atom is -0.464 e. The second-order valence-electron chi connectivity index (χ2n) is 7.64. The number of β-amino-alcohol motifs (C(OH)–C–C–N with tert-alkyl or cyclic N) is 1. The van der Waals surface area contributed by atoms with Crippen molar-refractivity contribution in [3.8, 4) is 0 Å². The highest BCUT2D eigenvalue weighted by Crippen LogP contribution is 2.34. The van der Waals surface area contributed by atoms with Crippen molar-refractivity contribution in [2.45, 2.75) is 64.2 Å². The predicted octanol–water partition coefficient (Wildman–Crippen LogP) is 2.76. The highest BCUT2D eigenvalue weighted by atomic mass is 19.1. The Labute approximate surface area is 160 Å². The van der Waals surface area contributed by atoms with Crippen molar-refractivity contribution in [3.05, 3.63) is 29.8 Å². The molecule has 152 valence electrons. The molecule has 0 aromatic carbocycles. The Morgan fingerprint density at radius 1 is 1.37 bits per heavy atom. The first kappa shape index (κ1) is 21.7. The fraction of sp³-hybridized carbons (Fsp3) is 0.700. The van der Waals surface area contributed by atoms with E-state index in [4.69, 9.17) is 9.47 Å². The molecule has 1 aliphatic carbocycles. The molecule has 0 unspecified atom stereocenters. The van der Waals surface area contributed by atoms with Crippen LogP contribution in [-0.4, -0.2) is 47.5 Å². The fourth-order valence-corrected chi connectivity index (χ4v) is 3.57. The van der Waals surface area contributed by atoms with E-state index in [9.17, 15) is 14.3 Å². The number of carbonyl (C=O) groups is 1. The molecule has 1 saturated carbocycles. The van der Waals surface area contributed by atoms with Gasteiger partial charge in [-0.1, -0.05) is 0 Å². The SMILES string of the molecule is CCOC(=O)COC1CCC(C(C)(C)NC[C@H](O)c2cncc(F)c2)CC1. The number of hydrogen-bond acceptors (Lipinski definition) is 6. The number of rotatable bonds is 9. The van der Waals surface area contributed by atoms with Gasteiger partial charge in [0, 0.05) is 23.8 Å². The standard InChI is InChI=1S/C20H31FN2O4/c1-4-26-19(25)13-27-17-7-5-15(6-8-17)20(2,3)23-12-18(24)14-9-16(21)11-22-10-14/h9-11,15,17-18,23-24H,4-8,12-13H2,1-3H3/t15?,17?,18-/m0/s1. The Hall–Kier alpha value is -1.57. The summed E-state index contributed by atoms with van der Waals surface area (Å²) in [5.74, 6) is -0.341. The number of ether oxygens (including phenoxy) is 2. The Morgan fingerprint density at radius 2 is 2.07 bits per heavy atom. The lowest BCUT2D eigenvalue weighted by atomic mass is 9.75. The van der Waals surface area contributed by atoms with Crippen LogP contribution in [0.4, 0.5) is 4.39 Å². The van der Waals surface area contributed by atoms with Gasteiger partial charge in [-0.25, -0.2) is 9.18 Å². The lowest BCUT2D eigenvalue weighted by molar-refractivity contribution is -0.151. The fourth-order valence-electron chi connectivity index (χ4n) is 3.57. The number of nitrogens with zero attached hydrogens (tertiary/aromatic N) is 1. The van der Waals surface area contributed by atoms with Gasteiger partial charge in [-0.05, 0) is 58.4 Å². The van der Waals surface area contributed by atoms with Crippen molar-refractivity contribution in [2.75, 3.05) is 19.8 Å². The first-order valence-corrected chi connectivity index (χ1v) is 9.62. The van der Waals surface area contributed by atoms with E-state index < -0.39 is 11.9 Å². The number of aromatic nitrogens is 1. The quantitative estimate of drug-likeness (QED) is 0.639. The molecule has 0 amide bonds. The smallest absolute Gasteiger partial charge is 0.332 e. The average molecular weight is 382 g/mol. The van der Waals surface area contributed by atoms with Crippen LogP contribution in [0.1, 0.15) is 58.1 Å². The number of nitrogens with one attached hydrogen (secondary N) is 1. The third kappa shape index (κ3) is 6.83. The van der Waals surface area contributed by atoms with Gasteiger partial charge in [-0.15, -0.1) is 0 Å². The number of carbonyl (C=O) groups excluding carboxylic acids is 1. The van der Waals surface area contributed by atoms with E-state index in [1.165, 1.54) is 12.3 Å². The number of hydrogen-bond donors (Lipinski definition) is 2. The summed E-state index contributed by atoms with van der Waals surface area (Å²) >= 11 is 0. The van der Waals surface area contributed by atoms with E-state index in [1.807, 2.05) is 0 Å². The van der Waals surface area contributed by atoms with E-state index in [0.717, 1.165) is 31.9 Å². The molecule has 2 N–H and O–H groups in total. The number of halogens is 1. The van der Waals surface area contributed by atoms with Crippen molar-refractivity contribution >= 4 is 5.97 Å². The maximum atomic E-state index is 13.3. The molecule has 0 bridgehead atoms. The number of aliphatic hydroxyl groups excluding tert-OH is 1. The van der Waals surface area contributed by atoms with Gasteiger partial charge in [-0.3, -0.25) is 4.98 Å². The zero-order valence-electron chi connectivity index (χ0n) is 16.4. The summed E-state index contributed by atoms with van der Waals surface area (Å²) in [7, 11) is 0. The van der Waals surface area contributed by atoms with Crippen LogP contribution in [0.25, 0.3) is 0 Å². The molecule has 6 nitrogen and oxygen atoms in total. The normalized spacial score (nSPS) is 21.7. The molecule has 1 aromatic rings. The molecule has 1 fully saturated rings.